The molecule has 2 aromatic rings. The van der Waals surface area contributed by atoms with E-state index in [2.05, 4.69) is 19.5 Å². The highest BCUT2D eigenvalue weighted by atomic mass is 32.2. The topological polar surface area (TPSA) is 46.5 Å². The van der Waals surface area contributed by atoms with Crippen molar-refractivity contribution in [1.29, 1.82) is 0 Å². The molecule has 19 heavy (non-hydrogen) atoms. The average molecular weight is 276 g/mol. The third-order valence-electron chi connectivity index (χ3n) is 3.76. The Morgan fingerprint density at radius 1 is 1.32 bits per heavy atom. The van der Waals surface area contributed by atoms with E-state index in [1.54, 1.807) is 11.8 Å². The number of aryl methyl sites for hydroxylation is 1. The van der Waals surface area contributed by atoms with Crippen LogP contribution < -0.4 is 0 Å². The zero-order valence-electron chi connectivity index (χ0n) is 11.1. The predicted octanol–water partition coefficient (Wildman–Crippen LogP) is 3.45. The molecule has 0 spiro atoms. The summed E-state index contributed by atoms with van der Waals surface area (Å²) in [5.41, 5.74) is 1.34. The van der Waals surface area contributed by atoms with Gasteiger partial charge in [-0.15, -0.1) is 0 Å². The van der Waals surface area contributed by atoms with E-state index in [9.17, 15) is 0 Å². The molecule has 3 rings (SSSR count). The van der Waals surface area contributed by atoms with Crippen molar-refractivity contribution in [2.24, 2.45) is 0 Å². The molecule has 2 aromatic heterocycles. The van der Waals surface area contributed by atoms with Gasteiger partial charge in [-0.1, -0.05) is 31.0 Å². The van der Waals surface area contributed by atoms with Crippen molar-refractivity contribution >= 4 is 11.8 Å². The third-order valence-corrected chi connectivity index (χ3v) is 4.63. The molecule has 1 N–H and O–H groups in total. The van der Waals surface area contributed by atoms with Crippen LogP contribution in [-0.4, -0.2) is 25.3 Å². The van der Waals surface area contributed by atoms with Gasteiger partial charge in [-0.05, 0) is 12.8 Å². The quantitative estimate of drug-likeness (QED) is 0.851. The van der Waals surface area contributed by atoms with E-state index in [0.717, 1.165) is 17.5 Å². The highest BCUT2D eigenvalue weighted by Gasteiger charge is 2.17. The van der Waals surface area contributed by atoms with Gasteiger partial charge in [-0.2, -0.15) is 0 Å². The Morgan fingerprint density at radius 3 is 3.00 bits per heavy atom. The number of thioether (sulfide) groups is 1. The van der Waals surface area contributed by atoms with Gasteiger partial charge in [0.15, 0.2) is 5.16 Å². The number of hydrogen-bond acceptors (Lipinski definition) is 3. The molecule has 102 valence electrons. The minimum Gasteiger partial charge on any atom is -0.337 e. The lowest BCUT2D eigenvalue weighted by molar-refractivity contribution is 0.437. The van der Waals surface area contributed by atoms with E-state index in [4.69, 9.17) is 0 Å². The van der Waals surface area contributed by atoms with Crippen LogP contribution >= 0.6 is 11.8 Å². The lowest BCUT2D eigenvalue weighted by Crippen LogP contribution is -2.04. The standard InChI is InChI=1S/C14H20N4S/c1-2-4-12(5-3-1)13-10-16-14(17-13)19-9-8-18-7-6-15-11-18/h6-7,10-12H,1-5,8-9H2,(H,16,17). The summed E-state index contributed by atoms with van der Waals surface area (Å²) >= 11 is 1.79. The molecule has 4 nitrogen and oxygen atoms in total. The van der Waals surface area contributed by atoms with Crippen LogP contribution in [0.2, 0.25) is 0 Å². The fourth-order valence-electron chi connectivity index (χ4n) is 2.68. The molecule has 1 saturated carbocycles. The van der Waals surface area contributed by atoms with E-state index in [0.29, 0.717) is 5.92 Å². The molecule has 0 aliphatic heterocycles. The molecular weight excluding hydrogens is 256 g/mol. The Hall–Kier alpha value is -1.23. The van der Waals surface area contributed by atoms with Crippen LogP contribution in [0.15, 0.2) is 30.1 Å². The number of rotatable bonds is 5. The van der Waals surface area contributed by atoms with E-state index in [1.807, 2.05) is 24.9 Å². The van der Waals surface area contributed by atoms with Crippen LogP contribution in [0.4, 0.5) is 0 Å². The molecule has 1 aliphatic rings. The maximum absolute atomic E-state index is 4.49. The van der Waals surface area contributed by atoms with Crippen molar-refractivity contribution in [1.82, 2.24) is 19.5 Å². The minimum absolute atomic E-state index is 0.712. The highest BCUT2D eigenvalue weighted by molar-refractivity contribution is 7.99. The van der Waals surface area contributed by atoms with E-state index in [-0.39, 0.29) is 0 Å². The van der Waals surface area contributed by atoms with Gasteiger partial charge in [0.25, 0.3) is 0 Å². The fraction of sp³-hybridized carbons (Fsp3) is 0.571. The van der Waals surface area contributed by atoms with Crippen molar-refractivity contribution in [2.75, 3.05) is 5.75 Å². The monoisotopic (exact) mass is 276 g/mol. The van der Waals surface area contributed by atoms with Gasteiger partial charge in [-0.3, -0.25) is 0 Å². The van der Waals surface area contributed by atoms with Crippen molar-refractivity contribution in [3.8, 4) is 0 Å². The normalized spacial score (nSPS) is 16.8. The van der Waals surface area contributed by atoms with Crippen molar-refractivity contribution in [2.45, 2.75) is 49.7 Å². The summed E-state index contributed by atoms with van der Waals surface area (Å²) < 4.78 is 2.10. The largest absolute Gasteiger partial charge is 0.337 e. The van der Waals surface area contributed by atoms with E-state index in [1.165, 1.54) is 37.8 Å². The van der Waals surface area contributed by atoms with Gasteiger partial charge < -0.3 is 9.55 Å². The summed E-state index contributed by atoms with van der Waals surface area (Å²) in [7, 11) is 0. The molecule has 0 amide bonds. The number of aromatic nitrogens is 4. The van der Waals surface area contributed by atoms with Crippen LogP contribution in [0.25, 0.3) is 0 Å². The van der Waals surface area contributed by atoms with Crippen LogP contribution in [0.1, 0.15) is 43.7 Å². The lowest BCUT2D eigenvalue weighted by Gasteiger charge is -2.19. The number of imidazole rings is 2. The van der Waals surface area contributed by atoms with Gasteiger partial charge >= 0.3 is 0 Å². The van der Waals surface area contributed by atoms with Crippen LogP contribution in [-0.2, 0) is 6.54 Å². The van der Waals surface area contributed by atoms with Gasteiger partial charge in [0.2, 0.25) is 0 Å². The van der Waals surface area contributed by atoms with E-state index < -0.39 is 0 Å². The minimum atomic E-state index is 0.712. The molecule has 0 unspecified atom stereocenters. The predicted molar refractivity (Wildman–Crippen MR) is 77.4 cm³/mol. The first kappa shape index (κ1) is 12.8. The zero-order chi connectivity index (χ0) is 12.9. The summed E-state index contributed by atoms with van der Waals surface area (Å²) in [5, 5.41) is 1.06. The molecule has 5 heteroatoms. The van der Waals surface area contributed by atoms with Gasteiger partial charge in [0.1, 0.15) is 0 Å². The number of aromatic amines is 1. The number of H-pyrrole nitrogens is 1. The highest BCUT2D eigenvalue weighted by Crippen LogP contribution is 2.32. The maximum Gasteiger partial charge on any atom is 0.165 e. The Bertz CT molecular complexity index is 485. The van der Waals surface area contributed by atoms with Gasteiger partial charge in [0, 0.05) is 42.5 Å². The molecule has 1 aliphatic carbocycles. The van der Waals surface area contributed by atoms with Crippen molar-refractivity contribution < 1.29 is 0 Å². The van der Waals surface area contributed by atoms with Crippen LogP contribution in [0, 0.1) is 0 Å². The van der Waals surface area contributed by atoms with Gasteiger partial charge in [0.05, 0.1) is 6.33 Å². The molecule has 0 saturated heterocycles. The zero-order valence-corrected chi connectivity index (χ0v) is 11.9. The summed E-state index contributed by atoms with van der Waals surface area (Å²) in [5.74, 6) is 1.73. The summed E-state index contributed by atoms with van der Waals surface area (Å²) in [6.07, 6.45) is 14.5. The molecule has 0 radical (unpaired) electrons. The summed E-state index contributed by atoms with van der Waals surface area (Å²) in [6.45, 7) is 0.976. The average Bonchev–Trinajstić information content (AvgIpc) is 3.11. The fourth-order valence-corrected chi connectivity index (χ4v) is 3.49. The van der Waals surface area contributed by atoms with Crippen LogP contribution in [0.5, 0.6) is 0 Å². The second kappa shape index (κ2) is 6.28. The molecular formula is C14H20N4S. The first-order chi connectivity index (χ1) is 9.42. The second-order valence-corrected chi connectivity index (χ2v) is 6.21. The third kappa shape index (κ3) is 3.41. The second-order valence-electron chi connectivity index (χ2n) is 5.13. The number of nitrogens with zero attached hydrogens (tertiary/aromatic N) is 3. The molecule has 2 heterocycles. The Balaban J connectivity index is 1.50. The summed E-state index contributed by atoms with van der Waals surface area (Å²) in [4.78, 5) is 12.0. The maximum atomic E-state index is 4.49. The summed E-state index contributed by atoms with van der Waals surface area (Å²) in [6, 6.07) is 0. The Labute approximate surface area is 118 Å². The first-order valence-corrected chi connectivity index (χ1v) is 8.04. The lowest BCUT2D eigenvalue weighted by atomic mass is 9.87. The SMILES string of the molecule is c1cn(CCSc2ncc(C3CCCCC3)[nH]2)cn1. The molecule has 1 fully saturated rings. The smallest absolute Gasteiger partial charge is 0.165 e. The molecule has 0 bridgehead atoms. The molecule has 0 atom stereocenters. The number of hydrogen-bond donors (Lipinski definition) is 1. The Kier molecular flexibility index (Phi) is 4.23. The van der Waals surface area contributed by atoms with Crippen molar-refractivity contribution in [3.05, 3.63) is 30.6 Å². The van der Waals surface area contributed by atoms with Crippen molar-refractivity contribution in [3.63, 3.8) is 0 Å². The molecule has 0 aromatic carbocycles. The van der Waals surface area contributed by atoms with Gasteiger partial charge in [-0.25, -0.2) is 9.97 Å². The van der Waals surface area contributed by atoms with Crippen LogP contribution in [0.3, 0.4) is 0 Å². The van der Waals surface area contributed by atoms with E-state index >= 15 is 0 Å². The Morgan fingerprint density at radius 2 is 2.21 bits per heavy atom. The number of nitrogens with one attached hydrogen (secondary N) is 1. The first-order valence-electron chi connectivity index (χ1n) is 7.05.